The van der Waals surface area contributed by atoms with E-state index in [1.165, 1.54) is 25.7 Å². The minimum atomic E-state index is 0.419. The number of nitriles is 2. The van der Waals surface area contributed by atoms with Crippen LogP contribution in [0, 0.1) is 58.2 Å². The third kappa shape index (κ3) is 3.78. The Labute approximate surface area is 214 Å². The van der Waals surface area contributed by atoms with Crippen molar-refractivity contribution in [1.82, 2.24) is 9.97 Å². The standard InChI is InChI=1S/C33H20N4/c34-18-24-2-1-3-25(19-35)30(24)33-36-31-26-14-12-22(10-8-20-4-5-20)16-28(26)29-17-23(11-9-21-6-7-21)13-15-27(29)32(31)37-33/h1-3,12-17,20-21H,4-7H2,(H,36,37). The summed E-state index contributed by atoms with van der Waals surface area (Å²) in [5, 5.41) is 23.7. The molecule has 0 atom stereocenters. The number of fused-ring (bicyclic) bond motifs is 6. The summed E-state index contributed by atoms with van der Waals surface area (Å²) in [6.45, 7) is 0. The highest BCUT2D eigenvalue weighted by molar-refractivity contribution is 6.24. The number of nitrogens with zero attached hydrogens (tertiary/aromatic N) is 3. The quantitative estimate of drug-likeness (QED) is 0.215. The molecule has 2 fully saturated rings. The highest BCUT2D eigenvalue weighted by Crippen LogP contribution is 2.37. The Hall–Kier alpha value is -5.03. The molecule has 5 aromatic rings. The summed E-state index contributed by atoms with van der Waals surface area (Å²) in [4.78, 5) is 8.42. The van der Waals surface area contributed by atoms with Crippen molar-refractivity contribution in [3.05, 3.63) is 76.9 Å². The van der Waals surface area contributed by atoms with E-state index >= 15 is 0 Å². The van der Waals surface area contributed by atoms with Crippen LogP contribution in [0.1, 0.15) is 47.9 Å². The van der Waals surface area contributed by atoms with Gasteiger partial charge in [-0.15, -0.1) is 0 Å². The zero-order valence-electron chi connectivity index (χ0n) is 20.0. The van der Waals surface area contributed by atoms with Crippen molar-refractivity contribution in [2.75, 3.05) is 0 Å². The van der Waals surface area contributed by atoms with Gasteiger partial charge < -0.3 is 4.98 Å². The summed E-state index contributed by atoms with van der Waals surface area (Å²) in [5.41, 5.74) is 5.05. The van der Waals surface area contributed by atoms with Gasteiger partial charge >= 0.3 is 0 Å². The van der Waals surface area contributed by atoms with E-state index in [1.54, 1.807) is 18.2 Å². The SMILES string of the molecule is N#Cc1cccc(C#N)c1-c1nc2c3ccc(C#CC4CC4)cc3c3cc(C#CC4CC4)ccc3c2[nH]1. The van der Waals surface area contributed by atoms with E-state index in [9.17, 15) is 10.5 Å². The lowest BCUT2D eigenvalue weighted by Gasteiger charge is -2.07. The summed E-state index contributed by atoms with van der Waals surface area (Å²) >= 11 is 0. The first-order chi connectivity index (χ1) is 18.2. The lowest BCUT2D eigenvalue weighted by Crippen LogP contribution is -1.91. The minimum absolute atomic E-state index is 0.419. The van der Waals surface area contributed by atoms with Gasteiger partial charge in [-0.05, 0) is 72.9 Å². The molecule has 0 bridgehead atoms. The number of hydrogen-bond donors (Lipinski definition) is 1. The van der Waals surface area contributed by atoms with Gasteiger partial charge in [0.25, 0.3) is 0 Å². The highest BCUT2D eigenvalue weighted by atomic mass is 14.9. The minimum Gasteiger partial charge on any atom is -0.337 e. The smallest absolute Gasteiger partial charge is 0.141 e. The second kappa shape index (κ2) is 8.28. The predicted octanol–water partition coefficient (Wildman–Crippen LogP) is 6.80. The van der Waals surface area contributed by atoms with Crippen molar-refractivity contribution in [3.63, 3.8) is 0 Å². The van der Waals surface area contributed by atoms with E-state index < -0.39 is 0 Å². The molecule has 1 aromatic heterocycles. The molecule has 0 aliphatic heterocycles. The molecule has 0 unspecified atom stereocenters. The van der Waals surface area contributed by atoms with Crippen molar-refractivity contribution in [1.29, 1.82) is 10.5 Å². The Kier molecular flexibility index (Phi) is 4.76. The Balaban J connectivity index is 1.52. The van der Waals surface area contributed by atoms with Crippen LogP contribution in [-0.4, -0.2) is 9.97 Å². The van der Waals surface area contributed by atoms with Gasteiger partial charge in [0, 0.05) is 33.7 Å². The molecule has 2 saturated carbocycles. The van der Waals surface area contributed by atoms with Crippen LogP contribution in [0.4, 0.5) is 0 Å². The molecule has 7 rings (SSSR count). The summed E-state index contributed by atoms with van der Waals surface area (Å²) in [6.07, 6.45) is 4.77. The highest BCUT2D eigenvalue weighted by Gasteiger charge is 2.20. The normalized spacial score (nSPS) is 14.4. The number of imidazole rings is 1. The van der Waals surface area contributed by atoms with Crippen LogP contribution in [0.5, 0.6) is 0 Å². The van der Waals surface area contributed by atoms with E-state index in [2.05, 4.69) is 77.2 Å². The Morgan fingerprint density at radius 2 is 1.27 bits per heavy atom. The number of hydrogen-bond acceptors (Lipinski definition) is 3. The summed E-state index contributed by atoms with van der Waals surface area (Å²) in [6, 6.07) is 22.2. The lowest BCUT2D eigenvalue weighted by atomic mass is 9.96. The number of rotatable bonds is 1. The fourth-order valence-electron chi connectivity index (χ4n) is 4.82. The van der Waals surface area contributed by atoms with Gasteiger partial charge in [0.2, 0.25) is 0 Å². The molecule has 0 saturated heterocycles. The monoisotopic (exact) mass is 472 g/mol. The van der Waals surface area contributed by atoms with Gasteiger partial charge in [-0.1, -0.05) is 41.9 Å². The maximum absolute atomic E-state index is 9.74. The summed E-state index contributed by atoms with van der Waals surface area (Å²) in [7, 11) is 0. The van der Waals surface area contributed by atoms with Crippen LogP contribution in [-0.2, 0) is 0 Å². The molecule has 0 amide bonds. The molecule has 1 N–H and O–H groups in total. The lowest BCUT2D eigenvalue weighted by molar-refractivity contribution is 1.18. The van der Waals surface area contributed by atoms with Crippen LogP contribution >= 0.6 is 0 Å². The average Bonchev–Trinajstić information content (AvgIpc) is 3.88. The van der Waals surface area contributed by atoms with Crippen LogP contribution < -0.4 is 0 Å². The fraction of sp³-hybridized carbons (Fsp3) is 0.182. The van der Waals surface area contributed by atoms with Crippen LogP contribution in [0.3, 0.4) is 0 Å². The first-order valence-corrected chi connectivity index (χ1v) is 12.6. The zero-order chi connectivity index (χ0) is 24.9. The van der Waals surface area contributed by atoms with Crippen molar-refractivity contribution in [3.8, 4) is 47.2 Å². The Morgan fingerprint density at radius 1 is 0.703 bits per heavy atom. The van der Waals surface area contributed by atoms with Gasteiger partial charge in [-0.3, -0.25) is 0 Å². The first kappa shape index (κ1) is 21.3. The predicted molar refractivity (Wildman–Crippen MR) is 145 cm³/mol. The molecule has 4 aromatic carbocycles. The summed E-state index contributed by atoms with van der Waals surface area (Å²) in [5.74, 6) is 15.0. The molecule has 37 heavy (non-hydrogen) atoms. The molecule has 4 nitrogen and oxygen atoms in total. The maximum atomic E-state index is 9.74. The fourth-order valence-corrected chi connectivity index (χ4v) is 4.82. The molecular formula is C33H20N4. The molecule has 4 heteroatoms. The second-order valence-electron chi connectivity index (χ2n) is 9.87. The van der Waals surface area contributed by atoms with Crippen LogP contribution in [0.15, 0.2) is 54.6 Å². The van der Waals surface area contributed by atoms with Crippen LogP contribution in [0.2, 0.25) is 0 Å². The molecule has 172 valence electrons. The zero-order valence-corrected chi connectivity index (χ0v) is 20.0. The van der Waals surface area contributed by atoms with Crippen molar-refractivity contribution in [2.45, 2.75) is 25.7 Å². The van der Waals surface area contributed by atoms with Gasteiger partial charge in [-0.2, -0.15) is 10.5 Å². The van der Waals surface area contributed by atoms with Gasteiger partial charge in [0.1, 0.15) is 5.82 Å². The van der Waals surface area contributed by atoms with Crippen molar-refractivity contribution >= 4 is 32.6 Å². The molecule has 0 radical (unpaired) electrons. The van der Waals surface area contributed by atoms with E-state index in [0.717, 1.165) is 43.7 Å². The maximum Gasteiger partial charge on any atom is 0.141 e. The van der Waals surface area contributed by atoms with Crippen LogP contribution in [0.25, 0.3) is 44.0 Å². The Bertz CT molecular complexity index is 1840. The van der Waals surface area contributed by atoms with E-state index in [4.69, 9.17) is 4.98 Å². The molecule has 2 aliphatic rings. The molecule has 1 heterocycles. The number of benzene rings is 4. The third-order valence-corrected chi connectivity index (χ3v) is 7.10. The Morgan fingerprint density at radius 3 is 1.84 bits per heavy atom. The third-order valence-electron chi connectivity index (χ3n) is 7.10. The van der Waals surface area contributed by atoms with Crippen molar-refractivity contribution < 1.29 is 0 Å². The second-order valence-corrected chi connectivity index (χ2v) is 9.87. The number of aromatic amines is 1. The van der Waals surface area contributed by atoms with E-state index in [1.807, 2.05) is 0 Å². The molecule has 2 aliphatic carbocycles. The van der Waals surface area contributed by atoms with Gasteiger partial charge in [0.15, 0.2) is 0 Å². The first-order valence-electron chi connectivity index (χ1n) is 12.6. The number of H-pyrrole nitrogens is 1. The average molecular weight is 473 g/mol. The number of aromatic nitrogens is 2. The number of nitrogens with one attached hydrogen (secondary N) is 1. The summed E-state index contributed by atoms with van der Waals surface area (Å²) < 4.78 is 0. The molecular weight excluding hydrogens is 452 g/mol. The van der Waals surface area contributed by atoms with Gasteiger partial charge in [-0.25, -0.2) is 4.98 Å². The molecule has 0 spiro atoms. The topological polar surface area (TPSA) is 76.3 Å². The van der Waals surface area contributed by atoms with E-state index in [0.29, 0.717) is 34.4 Å². The van der Waals surface area contributed by atoms with Gasteiger partial charge in [0.05, 0.1) is 39.9 Å². The largest absolute Gasteiger partial charge is 0.337 e. The van der Waals surface area contributed by atoms with Crippen molar-refractivity contribution in [2.24, 2.45) is 11.8 Å². The van der Waals surface area contributed by atoms with E-state index in [-0.39, 0.29) is 0 Å².